The second-order valence-electron chi connectivity index (χ2n) is 7.87. The van der Waals surface area contributed by atoms with Gasteiger partial charge >= 0.3 is 0 Å². The molecule has 0 unspecified atom stereocenters. The third kappa shape index (κ3) is 6.30. The van der Waals surface area contributed by atoms with Gasteiger partial charge in [-0.2, -0.15) is 4.31 Å². The highest BCUT2D eigenvalue weighted by molar-refractivity contribution is 7.89. The first kappa shape index (κ1) is 25.6. The van der Waals surface area contributed by atoms with Crippen molar-refractivity contribution < 1.29 is 27.4 Å². The van der Waals surface area contributed by atoms with E-state index in [1.165, 1.54) is 17.5 Å². The highest BCUT2D eigenvalue weighted by Crippen LogP contribution is 2.32. The number of sulfonamides is 1. The number of allylic oxidation sites excluding steroid dienone is 1. The molecule has 9 heteroatoms. The number of rotatable bonds is 11. The average Bonchev–Trinajstić information content (AvgIpc) is 2.85. The largest absolute Gasteiger partial charge is 0.493 e. The normalized spacial score (nSPS) is 14.3. The van der Waals surface area contributed by atoms with Crippen molar-refractivity contribution in [3.05, 3.63) is 54.6 Å². The summed E-state index contributed by atoms with van der Waals surface area (Å²) in [5.74, 6) is 0.794. The van der Waals surface area contributed by atoms with Gasteiger partial charge in [0.05, 0.1) is 13.7 Å². The zero-order chi connectivity index (χ0) is 24.6. The molecule has 0 atom stereocenters. The van der Waals surface area contributed by atoms with E-state index in [9.17, 15) is 13.2 Å². The molecular formula is C25H32N2O6S. The van der Waals surface area contributed by atoms with Crippen LogP contribution in [-0.4, -0.2) is 52.0 Å². The summed E-state index contributed by atoms with van der Waals surface area (Å²) in [5.41, 5.74) is 1.36. The average molecular weight is 489 g/mol. The van der Waals surface area contributed by atoms with Gasteiger partial charge in [-0.05, 0) is 62.1 Å². The first-order valence-electron chi connectivity index (χ1n) is 11.4. The SMILES string of the molecule is C=CCc1ccc(OCC(=O)Nc2ccc(OCC)c(S(=O)(=O)N3CCCCC3)c2)c(OC)c1. The van der Waals surface area contributed by atoms with Crippen molar-refractivity contribution in [1.82, 2.24) is 4.31 Å². The number of nitrogens with one attached hydrogen (secondary N) is 1. The molecule has 1 aliphatic heterocycles. The topological polar surface area (TPSA) is 94.2 Å². The van der Waals surface area contributed by atoms with E-state index in [-0.39, 0.29) is 17.3 Å². The summed E-state index contributed by atoms with van der Waals surface area (Å²) in [5, 5.41) is 2.71. The maximum absolute atomic E-state index is 13.3. The van der Waals surface area contributed by atoms with Crippen molar-refractivity contribution in [1.29, 1.82) is 0 Å². The number of piperidine rings is 1. The Hall–Kier alpha value is -3.04. The Bertz CT molecular complexity index is 1110. The standard InChI is InChI=1S/C25H32N2O6S/c1-4-9-19-10-12-21(23(16-19)31-3)33-18-25(28)26-20-11-13-22(32-5-2)24(17-20)34(29,30)27-14-7-6-8-15-27/h4,10-13,16-17H,1,5-9,14-15,18H2,2-3H3,(H,26,28). The van der Waals surface area contributed by atoms with Gasteiger partial charge in [-0.15, -0.1) is 6.58 Å². The van der Waals surface area contributed by atoms with E-state index < -0.39 is 15.9 Å². The quantitative estimate of drug-likeness (QED) is 0.480. The van der Waals surface area contributed by atoms with Gasteiger partial charge in [-0.3, -0.25) is 4.79 Å². The molecule has 0 radical (unpaired) electrons. The monoisotopic (exact) mass is 488 g/mol. The minimum absolute atomic E-state index is 0.0504. The molecule has 3 rings (SSSR count). The fourth-order valence-corrected chi connectivity index (χ4v) is 5.45. The summed E-state index contributed by atoms with van der Waals surface area (Å²) in [7, 11) is -2.21. The molecule has 184 valence electrons. The van der Waals surface area contributed by atoms with Crippen molar-refractivity contribution in [2.45, 2.75) is 37.5 Å². The molecule has 2 aromatic carbocycles. The lowest BCUT2D eigenvalue weighted by Crippen LogP contribution is -2.35. The van der Waals surface area contributed by atoms with Gasteiger partial charge in [0.15, 0.2) is 18.1 Å². The predicted molar refractivity (Wildman–Crippen MR) is 131 cm³/mol. The number of nitrogens with zero attached hydrogens (tertiary/aromatic N) is 1. The highest BCUT2D eigenvalue weighted by atomic mass is 32.2. The second-order valence-corrected chi connectivity index (χ2v) is 9.78. The smallest absolute Gasteiger partial charge is 0.262 e. The van der Waals surface area contributed by atoms with E-state index >= 15 is 0 Å². The second kappa shape index (κ2) is 11.9. The Morgan fingerprint density at radius 1 is 1.06 bits per heavy atom. The van der Waals surface area contributed by atoms with E-state index in [0.29, 0.717) is 43.3 Å². The van der Waals surface area contributed by atoms with Crippen LogP contribution in [0.3, 0.4) is 0 Å². The summed E-state index contributed by atoms with van der Waals surface area (Å²) in [6.07, 6.45) is 5.16. The molecule has 0 bridgehead atoms. The number of methoxy groups -OCH3 is 1. The number of hydrogen-bond donors (Lipinski definition) is 1. The van der Waals surface area contributed by atoms with Gasteiger partial charge in [0, 0.05) is 18.8 Å². The van der Waals surface area contributed by atoms with E-state index in [4.69, 9.17) is 14.2 Å². The molecule has 0 saturated carbocycles. The van der Waals surface area contributed by atoms with E-state index in [1.807, 2.05) is 12.1 Å². The van der Waals surface area contributed by atoms with Crippen LogP contribution < -0.4 is 19.5 Å². The Balaban J connectivity index is 1.73. The van der Waals surface area contributed by atoms with E-state index in [0.717, 1.165) is 24.8 Å². The first-order valence-corrected chi connectivity index (χ1v) is 12.8. The first-order chi connectivity index (χ1) is 16.4. The highest BCUT2D eigenvalue weighted by Gasteiger charge is 2.29. The lowest BCUT2D eigenvalue weighted by Gasteiger charge is -2.27. The maximum atomic E-state index is 13.3. The minimum Gasteiger partial charge on any atom is -0.493 e. The van der Waals surface area contributed by atoms with Crippen molar-refractivity contribution in [3.63, 3.8) is 0 Å². The van der Waals surface area contributed by atoms with Gasteiger partial charge in [-0.1, -0.05) is 18.6 Å². The molecule has 0 aliphatic carbocycles. The van der Waals surface area contributed by atoms with Crippen LogP contribution in [0.2, 0.25) is 0 Å². The molecule has 2 aromatic rings. The molecule has 0 spiro atoms. The van der Waals surface area contributed by atoms with Crippen LogP contribution in [0.5, 0.6) is 17.2 Å². The summed E-state index contributed by atoms with van der Waals surface area (Å²) < 4.78 is 44.6. The van der Waals surface area contributed by atoms with Crippen LogP contribution in [0.15, 0.2) is 53.9 Å². The van der Waals surface area contributed by atoms with Crippen molar-refractivity contribution in [3.8, 4) is 17.2 Å². The molecule has 1 N–H and O–H groups in total. The van der Waals surface area contributed by atoms with Gasteiger partial charge in [0.1, 0.15) is 10.6 Å². The predicted octanol–water partition coefficient (Wildman–Crippen LogP) is 4.01. The molecule has 0 aromatic heterocycles. The molecule has 1 saturated heterocycles. The third-order valence-corrected chi connectivity index (χ3v) is 7.35. The maximum Gasteiger partial charge on any atom is 0.262 e. The van der Waals surface area contributed by atoms with Crippen molar-refractivity contribution in [2.24, 2.45) is 0 Å². The lowest BCUT2D eigenvalue weighted by atomic mass is 10.1. The van der Waals surface area contributed by atoms with Crippen LogP contribution >= 0.6 is 0 Å². The number of amides is 1. The molecule has 34 heavy (non-hydrogen) atoms. The molecule has 8 nitrogen and oxygen atoms in total. The minimum atomic E-state index is -3.74. The van der Waals surface area contributed by atoms with Crippen molar-refractivity contribution >= 4 is 21.6 Å². The van der Waals surface area contributed by atoms with Crippen LogP contribution in [-0.2, 0) is 21.2 Å². The molecule has 1 heterocycles. The van der Waals surface area contributed by atoms with Gasteiger partial charge in [0.2, 0.25) is 10.0 Å². The summed E-state index contributed by atoms with van der Waals surface area (Å²) >= 11 is 0. The van der Waals surface area contributed by atoms with Crippen LogP contribution in [0.4, 0.5) is 5.69 Å². The summed E-state index contributed by atoms with van der Waals surface area (Å²) in [6, 6.07) is 10.1. The lowest BCUT2D eigenvalue weighted by molar-refractivity contribution is -0.118. The molecule has 1 amide bonds. The number of ether oxygens (including phenoxy) is 3. The molecule has 1 aliphatic rings. The van der Waals surface area contributed by atoms with E-state index in [2.05, 4.69) is 11.9 Å². The summed E-state index contributed by atoms with van der Waals surface area (Å²) in [6.45, 7) is 6.54. The molecule has 1 fully saturated rings. The fraction of sp³-hybridized carbons (Fsp3) is 0.400. The van der Waals surface area contributed by atoms with Gasteiger partial charge in [-0.25, -0.2) is 8.42 Å². The van der Waals surface area contributed by atoms with Crippen LogP contribution in [0.1, 0.15) is 31.7 Å². The fourth-order valence-electron chi connectivity index (χ4n) is 3.77. The Labute approximate surface area is 201 Å². The van der Waals surface area contributed by atoms with E-state index in [1.54, 1.807) is 31.2 Å². The Morgan fingerprint density at radius 2 is 1.79 bits per heavy atom. The number of hydrogen-bond acceptors (Lipinski definition) is 6. The zero-order valence-corrected chi connectivity index (χ0v) is 20.5. The number of benzene rings is 2. The Morgan fingerprint density at radius 3 is 2.47 bits per heavy atom. The van der Waals surface area contributed by atoms with Crippen LogP contribution in [0.25, 0.3) is 0 Å². The third-order valence-electron chi connectivity index (χ3n) is 5.43. The van der Waals surface area contributed by atoms with Crippen LogP contribution in [0, 0.1) is 0 Å². The number of carbonyl (C=O) groups is 1. The summed E-state index contributed by atoms with van der Waals surface area (Å²) in [4.78, 5) is 12.6. The van der Waals surface area contributed by atoms with Crippen molar-refractivity contribution in [2.75, 3.05) is 38.7 Å². The van der Waals surface area contributed by atoms with Gasteiger partial charge in [0.25, 0.3) is 5.91 Å². The molecular weight excluding hydrogens is 456 g/mol. The van der Waals surface area contributed by atoms with Gasteiger partial charge < -0.3 is 19.5 Å². The number of anilines is 1. The zero-order valence-electron chi connectivity index (χ0n) is 19.7. The Kier molecular flexibility index (Phi) is 8.95. The number of carbonyl (C=O) groups excluding carboxylic acids is 1.